The van der Waals surface area contributed by atoms with Crippen LogP contribution in [0.5, 0.6) is 0 Å². The molecule has 1 aliphatic heterocycles. The summed E-state index contributed by atoms with van der Waals surface area (Å²) in [6, 6.07) is 0. The number of hydrogen-bond acceptors (Lipinski definition) is 3. The average Bonchev–Trinajstić information content (AvgIpc) is 2.18. The van der Waals surface area contributed by atoms with Crippen molar-refractivity contribution >= 4 is 0 Å². The average molecular weight is 187 g/mol. The van der Waals surface area contributed by atoms with Gasteiger partial charge in [-0.15, -0.1) is 0 Å². The molecular formula is C10H21NO2. The van der Waals surface area contributed by atoms with Crippen LogP contribution < -0.4 is 5.73 Å². The van der Waals surface area contributed by atoms with Gasteiger partial charge in [0.2, 0.25) is 0 Å². The molecule has 1 rings (SSSR count). The molecular weight excluding hydrogens is 166 g/mol. The first-order valence-electron chi connectivity index (χ1n) is 5.09. The zero-order valence-corrected chi connectivity index (χ0v) is 8.62. The van der Waals surface area contributed by atoms with E-state index in [0.29, 0.717) is 12.5 Å². The lowest BCUT2D eigenvalue weighted by atomic mass is 9.75. The van der Waals surface area contributed by atoms with Gasteiger partial charge in [-0.1, -0.05) is 6.92 Å². The second-order valence-corrected chi connectivity index (χ2v) is 4.25. The van der Waals surface area contributed by atoms with Gasteiger partial charge in [0, 0.05) is 13.2 Å². The fourth-order valence-electron chi connectivity index (χ4n) is 1.92. The summed E-state index contributed by atoms with van der Waals surface area (Å²) in [4.78, 5) is 0. The maximum absolute atomic E-state index is 10.3. The summed E-state index contributed by atoms with van der Waals surface area (Å²) in [5, 5.41) is 10.3. The van der Waals surface area contributed by atoms with Crippen molar-refractivity contribution in [1.82, 2.24) is 0 Å². The maximum Gasteiger partial charge on any atom is 0.0686 e. The van der Waals surface area contributed by atoms with Gasteiger partial charge in [-0.3, -0.25) is 0 Å². The highest BCUT2D eigenvalue weighted by atomic mass is 16.5. The Kier molecular flexibility index (Phi) is 3.71. The molecule has 0 radical (unpaired) electrons. The van der Waals surface area contributed by atoms with Gasteiger partial charge >= 0.3 is 0 Å². The predicted octanol–water partition coefficient (Wildman–Crippen LogP) is 0.759. The fourth-order valence-corrected chi connectivity index (χ4v) is 1.92. The lowest BCUT2D eigenvalue weighted by Crippen LogP contribution is -2.46. The molecule has 3 N–H and O–H groups in total. The van der Waals surface area contributed by atoms with E-state index in [9.17, 15) is 5.11 Å². The molecule has 0 amide bonds. The summed E-state index contributed by atoms with van der Waals surface area (Å²) in [6.07, 6.45) is 1.91. The molecule has 0 aromatic rings. The van der Waals surface area contributed by atoms with E-state index in [2.05, 4.69) is 0 Å². The first-order valence-corrected chi connectivity index (χ1v) is 5.09. The van der Waals surface area contributed by atoms with Crippen molar-refractivity contribution in [3.8, 4) is 0 Å². The number of rotatable bonds is 3. The third kappa shape index (κ3) is 2.42. The van der Waals surface area contributed by atoms with Crippen molar-refractivity contribution in [1.29, 1.82) is 0 Å². The lowest BCUT2D eigenvalue weighted by molar-refractivity contribution is -0.0834. The lowest BCUT2D eigenvalue weighted by Gasteiger charge is -2.39. The molecule has 2 atom stereocenters. The van der Waals surface area contributed by atoms with Crippen molar-refractivity contribution < 1.29 is 9.84 Å². The molecule has 1 heterocycles. The van der Waals surface area contributed by atoms with E-state index in [1.807, 2.05) is 13.8 Å². The minimum Gasteiger partial charge on any atom is -0.390 e. The largest absolute Gasteiger partial charge is 0.390 e. The minimum absolute atomic E-state index is 0.163. The van der Waals surface area contributed by atoms with Crippen LogP contribution in [0.15, 0.2) is 0 Å². The number of aliphatic hydroxyl groups is 1. The highest BCUT2D eigenvalue weighted by molar-refractivity contribution is 4.88. The van der Waals surface area contributed by atoms with Crippen LogP contribution in [0, 0.1) is 11.8 Å². The van der Waals surface area contributed by atoms with Crippen molar-refractivity contribution in [3.05, 3.63) is 0 Å². The Morgan fingerprint density at radius 1 is 1.54 bits per heavy atom. The molecule has 1 saturated heterocycles. The Morgan fingerprint density at radius 3 is 2.54 bits per heavy atom. The zero-order chi connectivity index (χ0) is 9.90. The SMILES string of the molecule is CC(CN)C(C)(O)C1CCOCC1. The molecule has 2 unspecified atom stereocenters. The second-order valence-electron chi connectivity index (χ2n) is 4.25. The van der Waals surface area contributed by atoms with Gasteiger partial charge in [0.25, 0.3) is 0 Å². The van der Waals surface area contributed by atoms with Gasteiger partial charge in [0.15, 0.2) is 0 Å². The highest BCUT2D eigenvalue weighted by Gasteiger charge is 2.37. The highest BCUT2D eigenvalue weighted by Crippen LogP contribution is 2.32. The van der Waals surface area contributed by atoms with Gasteiger partial charge < -0.3 is 15.6 Å². The van der Waals surface area contributed by atoms with E-state index in [0.717, 1.165) is 26.1 Å². The molecule has 0 aromatic heterocycles. The summed E-state index contributed by atoms with van der Waals surface area (Å²) >= 11 is 0. The molecule has 1 fully saturated rings. The summed E-state index contributed by atoms with van der Waals surface area (Å²) in [7, 11) is 0. The first kappa shape index (κ1) is 11.0. The van der Waals surface area contributed by atoms with Crippen LogP contribution in [0.4, 0.5) is 0 Å². The number of ether oxygens (including phenoxy) is 1. The monoisotopic (exact) mass is 187 g/mol. The Labute approximate surface area is 80.3 Å². The Morgan fingerprint density at radius 2 is 2.08 bits per heavy atom. The van der Waals surface area contributed by atoms with Crippen LogP contribution in [0.1, 0.15) is 26.7 Å². The smallest absolute Gasteiger partial charge is 0.0686 e. The predicted molar refractivity (Wildman–Crippen MR) is 52.4 cm³/mol. The number of hydrogen-bond donors (Lipinski definition) is 2. The van der Waals surface area contributed by atoms with Crippen LogP contribution >= 0.6 is 0 Å². The van der Waals surface area contributed by atoms with E-state index >= 15 is 0 Å². The first-order chi connectivity index (χ1) is 6.09. The molecule has 0 saturated carbocycles. The maximum atomic E-state index is 10.3. The van der Waals surface area contributed by atoms with Crippen molar-refractivity contribution in [2.45, 2.75) is 32.3 Å². The van der Waals surface area contributed by atoms with Crippen LogP contribution in [0.25, 0.3) is 0 Å². The van der Waals surface area contributed by atoms with Crippen LogP contribution in [0.2, 0.25) is 0 Å². The van der Waals surface area contributed by atoms with Crippen molar-refractivity contribution in [3.63, 3.8) is 0 Å². The molecule has 0 bridgehead atoms. The third-order valence-corrected chi connectivity index (χ3v) is 3.40. The normalized spacial score (nSPS) is 26.8. The summed E-state index contributed by atoms with van der Waals surface area (Å²) < 4.78 is 5.27. The molecule has 13 heavy (non-hydrogen) atoms. The molecule has 0 spiro atoms. The van der Waals surface area contributed by atoms with E-state index in [4.69, 9.17) is 10.5 Å². The van der Waals surface area contributed by atoms with E-state index < -0.39 is 5.60 Å². The van der Waals surface area contributed by atoms with E-state index in [1.165, 1.54) is 0 Å². The molecule has 3 nitrogen and oxygen atoms in total. The van der Waals surface area contributed by atoms with Gasteiger partial charge in [0.1, 0.15) is 0 Å². The summed E-state index contributed by atoms with van der Waals surface area (Å²) in [5.41, 5.74) is 4.95. The fraction of sp³-hybridized carbons (Fsp3) is 1.00. The molecule has 78 valence electrons. The third-order valence-electron chi connectivity index (χ3n) is 3.40. The van der Waals surface area contributed by atoms with E-state index in [1.54, 1.807) is 0 Å². The van der Waals surface area contributed by atoms with Crippen LogP contribution in [0.3, 0.4) is 0 Å². The van der Waals surface area contributed by atoms with Gasteiger partial charge in [-0.25, -0.2) is 0 Å². The summed E-state index contributed by atoms with van der Waals surface area (Å²) in [5.74, 6) is 0.510. The molecule has 3 heteroatoms. The summed E-state index contributed by atoms with van der Waals surface area (Å²) in [6.45, 7) is 6.01. The van der Waals surface area contributed by atoms with Crippen molar-refractivity contribution in [2.24, 2.45) is 17.6 Å². The van der Waals surface area contributed by atoms with Crippen LogP contribution in [-0.2, 0) is 4.74 Å². The second kappa shape index (κ2) is 4.40. The topological polar surface area (TPSA) is 55.5 Å². The Hall–Kier alpha value is -0.120. The quantitative estimate of drug-likeness (QED) is 0.686. The molecule has 0 aromatic carbocycles. The van der Waals surface area contributed by atoms with Crippen molar-refractivity contribution in [2.75, 3.05) is 19.8 Å². The van der Waals surface area contributed by atoms with E-state index in [-0.39, 0.29) is 5.92 Å². The molecule has 0 aliphatic carbocycles. The minimum atomic E-state index is -0.626. The Bertz CT molecular complexity index is 153. The van der Waals surface area contributed by atoms with Gasteiger partial charge in [0.05, 0.1) is 5.60 Å². The number of nitrogens with two attached hydrogens (primary N) is 1. The van der Waals surface area contributed by atoms with Crippen LogP contribution in [-0.4, -0.2) is 30.5 Å². The standard InChI is InChI=1S/C10H21NO2/c1-8(7-11)10(2,12)9-3-5-13-6-4-9/h8-9,12H,3-7,11H2,1-2H3. The molecule has 1 aliphatic rings. The van der Waals surface area contributed by atoms with Gasteiger partial charge in [-0.05, 0) is 38.1 Å². The Balaban J connectivity index is 2.55. The van der Waals surface area contributed by atoms with Gasteiger partial charge in [-0.2, -0.15) is 0 Å². The zero-order valence-electron chi connectivity index (χ0n) is 8.62.